The highest BCUT2D eigenvalue weighted by Gasteiger charge is 2.24. The van der Waals surface area contributed by atoms with Crippen molar-refractivity contribution in [3.63, 3.8) is 0 Å². The van der Waals surface area contributed by atoms with Gasteiger partial charge >= 0.3 is 0 Å². The van der Waals surface area contributed by atoms with Crippen LogP contribution in [0.4, 0.5) is 0 Å². The first-order valence-electron chi connectivity index (χ1n) is 16.4. The first-order chi connectivity index (χ1) is 23.8. The van der Waals surface area contributed by atoms with Crippen molar-refractivity contribution >= 4 is 96.5 Å². The van der Waals surface area contributed by atoms with Crippen molar-refractivity contribution in [2.75, 3.05) is 0 Å². The lowest BCUT2D eigenvalue weighted by Crippen LogP contribution is -1.91. The molecule has 0 aliphatic carbocycles. The van der Waals surface area contributed by atoms with Gasteiger partial charge in [0.1, 0.15) is 11.2 Å². The second-order valence-electron chi connectivity index (χ2n) is 12.8. The summed E-state index contributed by atoms with van der Waals surface area (Å²) in [6.45, 7) is 0. The Kier molecular flexibility index (Phi) is 5.32. The average Bonchev–Trinajstić information content (AvgIpc) is 3.72. The zero-order chi connectivity index (χ0) is 31.3. The zero-order valence-electron chi connectivity index (χ0n) is 25.8. The molecule has 1 nitrogen and oxygen atoms in total. The molecule has 0 spiro atoms. The molecule has 0 saturated carbocycles. The predicted molar refractivity (Wildman–Crippen MR) is 208 cm³/mol. The van der Waals surface area contributed by atoms with E-state index in [1.165, 1.54) is 90.9 Å². The van der Waals surface area contributed by atoms with Crippen molar-refractivity contribution in [3.8, 4) is 22.3 Å². The van der Waals surface area contributed by atoms with Gasteiger partial charge in [0.25, 0.3) is 0 Å². The van der Waals surface area contributed by atoms with Crippen molar-refractivity contribution in [1.82, 2.24) is 0 Å². The molecule has 48 heavy (non-hydrogen) atoms. The van der Waals surface area contributed by atoms with Gasteiger partial charge in [-0.05, 0) is 89.6 Å². The largest absolute Gasteiger partial charge is 0.455 e. The van der Waals surface area contributed by atoms with Crippen molar-refractivity contribution in [1.29, 1.82) is 0 Å². The summed E-state index contributed by atoms with van der Waals surface area (Å²) in [6, 6.07) is 57.6. The first kappa shape index (κ1) is 26.1. The number of para-hydroxylation sites is 1. The molecular weight excluding hydrogens is 601 g/mol. The fourth-order valence-corrected chi connectivity index (χ4v) is 9.34. The molecule has 0 N–H and O–H groups in total. The van der Waals surface area contributed by atoms with Gasteiger partial charge in [-0.3, -0.25) is 0 Å². The van der Waals surface area contributed by atoms with Crippen molar-refractivity contribution < 1.29 is 4.42 Å². The third-order valence-electron chi connectivity index (χ3n) is 10.2. The molecule has 0 radical (unpaired) electrons. The smallest absolute Gasteiger partial charge is 0.145 e. The van der Waals surface area contributed by atoms with Gasteiger partial charge in [-0.2, -0.15) is 0 Å². The first-order valence-corrected chi connectivity index (χ1v) is 17.2. The molecule has 0 aliphatic rings. The van der Waals surface area contributed by atoms with E-state index in [4.69, 9.17) is 4.42 Å². The molecule has 222 valence electrons. The lowest BCUT2D eigenvalue weighted by atomic mass is 9.84. The van der Waals surface area contributed by atoms with E-state index in [0.29, 0.717) is 0 Å². The van der Waals surface area contributed by atoms with Crippen LogP contribution in [0.15, 0.2) is 162 Å². The van der Waals surface area contributed by atoms with Crippen LogP contribution in [0.1, 0.15) is 0 Å². The van der Waals surface area contributed by atoms with Crippen LogP contribution in [0.25, 0.3) is 107 Å². The molecule has 2 heteroatoms. The summed E-state index contributed by atoms with van der Waals surface area (Å²) < 4.78 is 9.43. The van der Waals surface area contributed by atoms with E-state index >= 15 is 0 Å². The summed E-state index contributed by atoms with van der Waals surface area (Å²) in [5.41, 5.74) is 6.87. The topological polar surface area (TPSA) is 13.1 Å². The number of hydrogen-bond acceptors (Lipinski definition) is 2. The van der Waals surface area contributed by atoms with Gasteiger partial charge in [0.2, 0.25) is 0 Å². The number of thiophene rings is 1. The second kappa shape index (κ2) is 9.78. The lowest BCUT2D eigenvalue weighted by Gasteiger charge is -2.18. The fourth-order valence-electron chi connectivity index (χ4n) is 8.18. The van der Waals surface area contributed by atoms with Gasteiger partial charge in [-0.25, -0.2) is 0 Å². The summed E-state index contributed by atoms with van der Waals surface area (Å²) in [4.78, 5) is 0. The predicted octanol–water partition coefficient (Wildman–Crippen LogP) is 13.9. The van der Waals surface area contributed by atoms with E-state index < -0.39 is 0 Å². The minimum Gasteiger partial charge on any atom is -0.455 e. The minimum atomic E-state index is 0.919. The minimum absolute atomic E-state index is 0.919. The summed E-state index contributed by atoms with van der Waals surface area (Å²) in [7, 11) is 0. The standard InChI is InChI=1S/C46H26OS/c1-2-13-29-25-30(22-21-27(29)11-1)41-32-15-5-7-17-34(32)42(35-18-8-6-16-33(35)41)37-26-40-45(46-43(37)36-19-9-10-20-38(36)47-46)44-31-14-4-3-12-28(31)23-24-39(44)48-40/h1-26H. The molecule has 0 atom stereocenters. The maximum Gasteiger partial charge on any atom is 0.145 e. The monoisotopic (exact) mass is 626 g/mol. The van der Waals surface area contributed by atoms with Crippen LogP contribution in [0, 0.1) is 0 Å². The van der Waals surface area contributed by atoms with Crippen LogP contribution in [0.5, 0.6) is 0 Å². The van der Waals surface area contributed by atoms with Gasteiger partial charge < -0.3 is 4.42 Å². The molecule has 2 heterocycles. The number of rotatable bonds is 2. The van der Waals surface area contributed by atoms with Gasteiger partial charge in [0, 0.05) is 30.9 Å². The number of fused-ring (bicyclic) bond motifs is 12. The fraction of sp³-hybridized carbons (Fsp3) is 0. The van der Waals surface area contributed by atoms with E-state index in [-0.39, 0.29) is 0 Å². The Bertz CT molecular complexity index is 3060. The SMILES string of the molecule is c1ccc2cc(-c3c4ccccc4c(-c4cc5sc6ccc7ccccc7c6c5c5oc6ccccc6c45)c4ccccc34)ccc2c1. The Labute approximate surface area is 279 Å². The van der Waals surface area contributed by atoms with E-state index in [0.717, 1.165) is 16.6 Å². The molecule has 11 rings (SSSR count). The van der Waals surface area contributed by atoms with E-state index in [1.54, 1.807) is 0 Å². The maximum atomic E-state index is 6.91. The Balaban J connectivity index is 1.34. The summed E-state index contributed by atoms with van der Waals surface area (Å²) in [5.74, 6) is 0. The second-order valence-corrected chi connectivity index (χ2v) is 13.8. The molecule has 0 amide bonds. The van der Waals surface area contributed by atoms with E-state index in [9.17, 15) is 0 Å². The third-order valence-corrected chi connectivity index (χ3v) is 11.3. The summed E-state index contributed by atoms with van der Waals surface area (Å²) >= 11 is 1.86. The zero-order valence-corrected chi connectivity index (χ0v) is 26.6. The molecule has 2 aromatic heterocycles. The molecule has 9 aromatic carbocycles. The van der Waals surface area contributed by atoms with Gasteiger partial charge in [-0.1, -0.05) is 133 Å². The highest BCUT2D eigenvalue weighted by molar-refractivity contribution is 7.26. The highest BCUT2D eigenvalue weighted by atomic mass is 32.1. The van der Waals surface area contributed by atoms with Crippen LogP contribution < -0.4 is 0 Å². The Morgan fingerprint density at radius 3 is 1.71 bits per heavy atom. The van der Waals surface area contributed by atoms with E-state index in [1.807, 2.05) is 11.3 Å². The van der Waals surface area contributed by atoms with Gasteiger partial charge in [0.05, 0.1) is 0 Å². The molecule has 0 aliphatic heterocycles. The highest BCUT2D eigenvalue weighted by Crippen LogP contribution is 2.51. The molecular formula is C46H26OS. The maximum absolute atomic E-state index is 6.91. The normalized spacial score (nSPS) is 12.2. The lowest BCUT2D eigenvalue weighted by molar-refractivity contribution is 0.673. The van der Waals surface area contributed by atoms with Crippen LogP contribution in [0.3, 0.4) is 0 Å². The van der Waals surface area contributed by atoms with Crippen LogP contribution in [-0.2, 0) is 0 Å². The Hall–Kier alpha value is -5.96. The number of hydrogen-bond donors (Lipinski definition) is 0. The third kappa shape index (κ3) is 3.55. The molecule has 11 aromatic rings. The average molecular weight is 627 g/mol. The van der Waals surface area contributed by atoms with Gasteiger partial charge in [0.15, 0.2) is 0 Å². The summed E-state index contributed by atoms with van der Waals surface area (Å²) in [6.07, 6.45) is 0. The summed E-state index contributed by atoms with van der Waals surface area (Å²) in [5, 5.41) is 14.9. The molecule has 0 saturated heterocycles. The number of benzene rings is 9. The van der Waals surface area contributed by atoms with Crippen molar-refractivity contribution in [2.24, 2.45) is 0 Å². The van der Waals surface area contributed by atoms with Gasteiger partial charge in [-0.15, -0.1) is 11.3 Å². The number of furan rings is 1. The Morgan fingerprint density at radius 1 is 0.375 bits per heavy atom. The Morgan fingerprint density at radius 2 is 0.958 bits per heavy atom. The van der Waals surface area contributed by atoms with Crippen LogP contribution >= 0.6 is 11.3 Å². The van der Waals surface area contributed by atoms with Crippen LogP contribution in [0.2, 0.25) is 0 Å². The quantitative estimate of drug-likeness (QED) is 0.174. The van der Waals surface area contributed by atoms with E-state index in [2.05, 4.69) is 158 Å². The van der Waals surface area contributed by atoms with Crippen LogP contribution in [-0.4, -0.2) is 0 Å². The molecule has 0 unspecified atom stereocenters. The van der Waals surface area contributed by atoms with Crippen molar-refractivity contribution in [3.05, 3.63) is 158 Å². The van der Waals surface area contributed by atoms with Crippen molar-refractivity contribution in [2.45, 2.75) is 0 Å². The molecule has 0 bridgehead atoms. The molecule has 0 fully saturated rings.